The number of halogens is 1. The standard InChI is InChI=1S/C29H22ClN5O8/c30-17-10-18(13-31-12-17)43-22-11-24(37)34(29(22)42)14-15-5-7-33(8-6-15)26(39)16-1-2-19-20(9-16)28(41)35(27(19)40)21-3-4-23(36)32-25(21)38/h1-4,9-13,15,21H,5-8,14H2,(H,32,36,38). The number of hydrogen-bond donors (Lipinski definition) is 1. The third-order valence-corrected chi connectivity index (χ3v) is 7.82. The monoisotopic (exact) mass is 603 g/mol. The zero-order chi connectivity index (χ0) is 30.4. The molecule has 1 aromatic carbocycles. The Morgan fingerprint density at radius 2 is 1.72 bits per heavy atom. The van der Waals surface area contributed by atoms with E-state index in [-0.39, 0.29) is 46.6 Å². The zero-order valence-electron chi connectivity index (χ0n) is 22.3. The van der Waals surface area contributed by atoms with Crippen LogP contribution in [0.4, 0.5) is 0 Å². The summed E-state index contributed by atoms with van der Waals surface area (Å²) in [6, 6.07) is 4.37. The topological polar surface area (TPSA) is 163 Å². The zero-order valence-corrected chi connectivity index (χ0v) is 23.1. The van der Waals surface area contributed by atoms with Crippen LogP contribution in [-0.2, 0) is 19.2 Å². The van der Waals surface area contributed by atoms with Gasteiger partial charge in [0, 0.05) is 43.5 Å². The van der Waals surface area contributed by atoms with Crippen LogP contribution in [-0.4, -0.2) is 86.7 Å². The highest BCUT2D eigenvalue weighted by Gasteiger charge is 2.43. The fraction of sp³-hybridized carbons (Fsp3) is 0.241. The van der Waals surface area contributed by atoms with Crippen LogP contribution in [0.2, 0.25) is 5.02 Å². The van der Waals surface area contributed by atoms with E-state index in [9.17, 15) is 33.6 Å². The predicted molar refractivity (Wildman–Crippen MR) is 146 cm³/mol. The number of fused-ring (bicyclic) bond motifs is 1. The first-order chi connectivity index (χ1) is 20.6. The molecule has 1 N–H and O–H groups in total. The molecule has 0 spiro atoms. The molecule has 4 aliphatic heterocycles. The van der Waals surface area contributed by atoms with E-state index in [0.717, 1.165) is 22.0 Å². The Morgan fingerprint density at radius 1 is 0.977 bits per heavy atom. The van der Waals surface area contributed by atoms with E-state index in [4.69, 9.17) is 16.3 Å². The van der Waals surface area contributed by atoms with Crippen molar-refractivity contribution in [1.82, 2.24) is 25.0 Å². The second-order valence-corrected chi connectivity index (χ2v) is 10.8. The van der Waals surface area contributed by atoms with Crippen LogP contribution in [0.5, 0.6) is 5.75 Å². The van der Waals surface area contributed by atoms with Crippen molar-refractivity contribution in [3.05, 3.63) is 82.4 Å². The molecule has 0 bridgehead atoms. The average molecular weight is 604 g/mol. The summed E-state index contributed by atoms with van der Waals surface area (Å²) in [5.74, 6) is -4.23. The number of carbonyl (C=O) groups excluding carboxylic acids is 7. The molecule has 7 amide bonds. The quantitative estimate of drug-likeness (QED) is 0.476. The van der Waals surface area contributed by atoms with E-state index in [0.29, 0.717) is 31.0 Å². The summed E-state index contributed by atoms with van der Waals surface area (Å²) in [7, 11) is 0. The molecular weight excluding hydrogens is 582 g/mol. The fourth-order valence-electron chi connectivity index (χ4n) is 5.42. The highest BCUT2D eigenvalue weighted by atomic mass is 35.5. The van der Waals surface area contributed by atoms with E-state index in [1.807, 2.05) is 0 Å². The Morgan fingerprint density at radius 3 is 2.44 bits per heavy atom. The lowest BCUT2D eigenvalue weighted by molar-refractivity contribution is -0.139. The van der Waals surface area contributed by atoms with Crippen molar-refractivity contribution >= 4 is 53.0 Å². The number of benzene rings is 1. The second-order valence-electron chi connectivity index (χ2n) is 10.3. The number of pyridine rings is 1. The van der Waals surface area contributed by atoms with Crippen LogP contribution in [0.1, 0.15) is 43.9 Å². The van der Waals surface area contributed by atoms with Crippen molar-refractivity contribution in [2.45, 2.75) is 18.9 Å². The summed E-state index contributed by atoms with van der Waals surface area (Å²) < 4.78 is 5.52. The smallest absolute Gasteiger partial charge is 0.296 e. The van der Waals surface area contributed by atoms with Gasteiger partial charge in [0.1, 0.15) is 11.8 Å². The van der Waals surface area contributed by atoms with Gasteiger partial charge in [-0.3, -0.25) is 53.7 Å². The molecule has 218 valence electrons. The van der Waals surface area contributed by atoms with E-state index in [1.54, 1.807) is 4.90 Å². The maximum atomic E-state index is 13.3. The third kappa shape index (κ3) is 5.18. The predicted octanol–water partition coefficient (Wildman–Crippen LogP) is 1.10. The molecule has 43 heavy (non-hydrogen) atoms. The number of carbonyl (C=O) groups is 7. The summed E-state index contributed by atoms with van der Waals surface area (Å²) >= 11 is 5.90. The molecular formula is C29H22ClN5O8. The number of imide groups is 3. The Bertz CT molecular complexity index is 1690. The second kappa shape index (κ2) is 10.9. The van der Waals surface area contributed by atoms with Crippen molar-refractivity contribution in [2.24, 2.45) is 5.92 Å². The molecule has 1 atom stereocenters. The van der Waals surface area contributed by atoms with E-state index < -0.39 is 41.5 Å². The third-order valence-electron chi connectivity index (χ3n) is 7.61. The number of nitrogens with zero attached hydrogens (tertiary/aromatic N) is 4. The van der Waals surface area contributed by atoms with Gasteiger partial charge in [-0.05, 0) is 43.0 Å². The van der Waals surface area contributed by atoms with Gasteiger partial charge >= 0.3 is 0 Å². The fourth-order valence-corrected chi connectivity index (χ4v) is 5.58. The molecule has 13 nitrogen and oxygen atoms in total. The van der Waals surface area contributed by atoms with Gasteiger partial charge in [0.25, 0.3) is 35.4 Å². The van der Waals surface area contributed by atoms with Crippen LogP contribution in [0.15, 0.2) is 60.6 Å². The lowest BCUT2D eigenvalue weighted by atomic mass is 9.95. The molecule has 14 heteroatoms. The maximum absolute atomic E-state index is 13.3. The first-order valence-electron chi connectivity index (χ1n) is 13.3. The van der Waals surface area contributed by atoms with Crippen molar-refractivity contribution in [3.8, 4) is 5.75 Å². The number of likely N-dealkylation sites (tertiary alicyclic amines) is 1. The highest BCUT2D eigenvalue weighted by Crippen LogP contribution is 2.29. The van der Waals surface area contributed by atoms with E-state index in [1.165, 1.54) is 42.7 Å². The van der Waals surface area contributed by atoms with Crippen LogP contribution in [0.3, 0.4) is 0 Å². The minimum atomic E-state index is -1.27. The first kappa shape index (κ1) is 28.0. The summed E-state index contributed by atoms with van der Waals surface area (Å²) in [6.07, 6.45) is 7.22. The largest absolute Gasteiger partial charge is 0.450 e. The minimum absolute atomic E-state index is 0.00558. The van der Waals surface area contributed by atoms with Crippen LogP contribution in [0, 0.1) is 5.92 Å². The number of amides is 7. The van der Waals surface area contributed by atoms with Gasteiger partial charge in [-0.15, -0.1) is 0 Å². The molecule has 0 radical (unpaired) electrons. The lowest BCUT2D eigenvalue weighted by Gasteiger charge is -2.33. The molecule has 4 aliphatic rings. The number of rotatable bonds is 6. The van der Waals surface area contributed by atoms with Gasteiger partial charge in [0.15, 0.2) is 5.76 Å². The highest BCUT2D eigenvalue weighted by molar-refractivity contribution is 6.30. The van der Waals surface area contributed by atoms with Gasteiger partial charge in [-0.25, -0.2) is 0 Å². The molecule has 6 rings (SSSR count). The molecule has 1 aromatic heterocycles. The molecule has 5 heterocycles. The normalized spacial score (nSPS) is 20.5. The molecule has 0 saturated carbocycles. The van der Waals surface area contributed by atoms with Gasteiger partial charge in [0.05, 0.1) is 28.4 Å². The number of hydrogen-bond acceptors (Lipinski definition) is 9. The first-order valence-corrected chi connectivity index (χ1v) is 13.7. The van der Waals surface area contributed by atoms with Gasteiger partial charge in [-0.2, -0.15) is 0 Å². The van der Waals surface area contributed by atoms with Crippen LogP contribution < -0.4 is 10.1 Å². The minimum Gasteiger partial charge on any atom is -0.450 e. The van der Waals surface area contributed by atoms with E-state index >= 15 is 0 Å². The summed E-state index contributed by atoms with van der Waals surface area (Å²) in [5, 5.41) is 2.38. The number of ether oxygens (including phenoxy) is 1. The average Bonchev–Trinajstić information content (AvgIpc) is 3.39. The molecule has 1 saturated heterocycles. The van der Waals surface area contributed by atoms with Gasteiger partial charge in [-0.1, -0.05) is 11.6 Å². The Kier molecular flexibility index (Phi) is 7.10. The van der Waals surface area contributed by atoms with Gasteiger partial charge in [0.2, 0.25) is 5.91 Å². The van der Waals surface area contributed by atoms with Gasteiger partial charge < -0.3 is 9.64 Å². The Hall–Kier alpha value is -5.17. The Labute approximate surface area is 248 Å². The van der Waals surface area contributed by atoms with Crippen molar-refractivity contribution in [3.63, 3.8) is 0 Å². The van der Waals surface area contributed by atoms with Crippen molar-refractivity contribution < 1.29 is 38.3 Å². The lowest BCUT2D eigenvalue weighted by Crippen LogP contribution is -2.51. The van der Waals surface area contributed by atoms with Crippen LogP contribution in [0.25, 0.3) is 0 Å². The molecule has 0 aliphatic carbocycles. The molecule has 2 aromatic rings. The summed E-state index contributed by atoms with van der Waals surface area (Å²) in [5.41, 5.74) is 0.251. The maximum Gasteiger partial charge on any atom is 0.296 e. The summed E-state index contributed by atoms with van der Waals surface area (Å²) in [6.45, 7) is 0.862. The number of nitrogens with one attached hydrogen (secondary N) is 1. The molecule has 1 fully saturated rings. The van der Waals surface area contributed by atoms with Crippen molar-refractivity contribution in [1.29, 1.82) is 0 Å². The van der Waals surface area contributed by atoms with E-state index in [2.05, 4.69) is 10.3 Å². The molecule has 1 unspecified atom stereocenters. The summed E-state index contributed by atoms with van der Waals surface area (Å²) in [4.78, 5) is 95.7. The number of aromatic nitrogens is 1. The van der Waals surface area contributed by atoms with Crippen molar-refractivity contribution in [2.75, 3.05) is 19.6 Å². The Balaban J connectivity index is 1.06. The van der Waals surface area contributed by atoms with Crippen LogP contribution >= 0.6 is 11.6 Å². The SMILES string of the molecule is O=C1C=CC(N2C(=O)c3ccc(C(=O)N4CCC(CN5C(=O)C=C(Oc6cncc(Cl)c6)C5=O)CC4)cc3C2=O)C(=O)N1. The number of piperidine rings is 1.